The smallest absolute Gasteiger partial charge is 0.130 e. The van der Waals surface area contributed by atoms with E-state index in [0.717, 1.165) is 5.75 Å². The summed E-state index contributed by atoms with van der Waals surface area (Å²) in [5.41, 5.74) is 0. The Kier molecular flexibility index (Phi) is 10.7. The normalized spacial score (nSPS) is 10.8. The van der Waals surface area contributed by atoms with E-state index in [0.29, 0.717) is 52.9 Å². The molecule has 0 saturated carbocycles. The molecule has 110 valence electrons. The van der Waals surface area contributed by atoms with E-state index in [2.05, 4.69) is 0 Å². The van der Waals surface area contributed by atoms with E-state index in [-0.39, 0.29) is 0 Å². The maximum Gasteiger partial charge on any atom is 0.130 e. The van der Waals surface area contributed by atoms with Crippen molar-refractivity contribution >= 4 is 11.3 Å². The van der Waals surface area contributed by atoms with Gasteiger partial charge in [-0.3, -0.25) is 0 Å². The average molecular weight is 290 g/mol. The van der Waals surface area contributed by atoms with E-state index >= 15 is 0 Å². The summed E-state index contributed by atoms with van der Waals surface area (Å²) in [5.74, 6) is 0.901. The van der Waals surface area contributed by atoms with Crippen molar-refractivity contribution in [1.82, 2.24) is 0 Å². The second-order valence-corrected chi connectivity index (χ2v) is 4.42. The average Bonchev–Trinajstić information content (AvgIpc) is 2.93. The van der Waals surface area contributed by atoms with Gasteiger partial charge in [0.05, 0.1) is 46.2 Å². The molecule has 0 aliphatic heterocycles. The Labute approximate surface area is 118 Å². The molecule has 19 heavy (non-hydrogen) atoms. The zero-order chi connectivity index (χ0) is 13.6. The van der Waals surface area contributed by atoms with Gasteiger partial charge in [-0.15, -0.1) is 11.3 Å². The summed E-state index contributed by atoms with van der Waals surface area (Å²) in [6.45, 7) is 4.68. The van der Waals surface area contributed by atoms with Gasteiger partial charge in [0.15, 0.2) is 0 Å². The first-order valence-electron chi connectivity index (χ1n) is 6.30. The van der Waals surface area contributed by atoms with Gasteiger partial charge in [-0.05, 0) is 11.4 Å². The Hall–Kier alpha value is -0.660. The predicted molar refractivity (Wildman–Crippen MR) is 74.1 cm³/mol. The van der Waals surface area contributed by atoms with Crippen LogP contribution < -0.4 is 4.74 Å². The lowest BCUT2D eigenvalue weighted by atomic mass is 10.6. The molecule has 0 bridgehead atoms. The van der Waals surface area contributed by atoms with Crippen LogP contribution in [0.5, 0.6) is 5.75 Å². The highest BCUT2D eigenvalue weighted by molar-refractivity contribution is 7.08. The predicted octanol–water partition coefficient (Wildman–Crippen LogP) is 1.82. The van der Waals surface area contributed by atoms with E-state index in [1.165, 1.54) is 0 Å². The number of hydrogen-bond acceptors (Lipinski definition) is 6. The summed E-state index contributed by atoms with van der Waals surface area (Å²) in [7, 11) is 1.65. The van der Waals surface area contributed by atoms with Gasteiger partial charge in [-0.1, -0.05) is 0 Å². The number of hydrogen-bond donors (Lipinski definition) is 0. The topological polar surface area (TPSA) is 46.2 Å². The number of methoxy groups -OCH3 is 1. The van der Waals surface area contributed by atoms with Crippen LogP contribution in [0.25, 0.3) is 0 Å². The van der Waals surface area contributed by atoms with E-state index in [4.69, 9.17) is 23.7 Å². The van der Waals surface area contributed by atoms with Crippen molar-refractivity contribution < 1.29 is 23.7 Å². The maximum absolute atomic E-state index is 5.44. The molecule has 0 atom stereocenters. The SMILES string of the molecule is COCCOCCOCCOCCOc1ccsc1. The van der Waals surface area contributed by atoms with Crippen molar-refractivity contribution in [3.8, 4) is 5.75 Å². The van der Waals surface area contributed by atoms with Crippen LogP contribution >= 0.6 is 11.3 Å². The van der Waals surface area contributed by atoms with Gasteiger partial charge in [-0.2, -0.15) is 0 Å². The first-order chi connectivity index (χ1) is 9.43. The van der Waals surface area contributed by atoms with Gasteiger partial charge >= 0.3 is 0 Å². The van der Waals surface area contributed by atoms with E-state index in [1.807, 2.05) is 16.8 Å². The third-order valence-electron chi connectivity index (χ3n) is 2.17. The molecule has 0 amide bonds. The molecular weight excluding hydrogens is 268 g/mol. The number of ether oxygens (including phenoxy) is 5. The van der Waals surface area contributed by atoms with Crippen molar-refractivity contribution in [2.75, 3.05) is 60.0 Å². The largest absolute Gasteiger partial charge is 0.490 e. The van der Waals surface area contributed by atoms with Crippen LogP contribution in [0.4, 0.5) is 0 Å². The fourth-order valence-electron chi connectivity index (χ4n) is 1.24. The van der Waals surface area contributed by atoms with E-state index < -0.39 is 0 Å². The lowest BCUT2D eigenvalue weighted by Gasteiger charge is -2.07. The molecule has 0 N–H and O–H groups in total. The minimum Gasteiger partial charge on any atom is -0.490 e. The Balaban J connectivity index is 1.72. The molecule has 0 aliphatic rings. The van der Waals surface area contributed by atoms with Crippen LogP contribution in [0.2, 0.25) is 0 Å². The lowest BCUT2D eigenvalue weighted by Crippen LogP contribution is -2.13. The molecule has 0 fully saturated rings. The van der Waals surface area contributed by atoms with Crippen LogP contribution in [0, 0.1) is 0 Å². The van der Waals surface area contributed by atoms with Crippen molar-refractivity contribution in [3.05, 3.63) is 16.8 Å². The minimum absolute atomic E-state index is 0.566. The van der Waals surface area contributed by atoms with E-state index in [9.17, 15) is 0 Å². The number of thiophene rings is 1. The standard InChI is InChI=1S/C13H22O5S/c1-14-3-4-15-5-6-16-7-8-17-9-10-18-13-2-11-19-12-13/h2,11-12H,3-10H2,1H3. The fraction of sp³-hybridized carbons (Fsp3) is 0.692. The van der Waals surface area contributed by atoms with Crippen LogP contribution in [-0.2, 0) is 18.9 Å². The van der Waals surface area contributed by atoms with Gasteiger partial charge in [0.25, 0.3) is 0 Å². The van der Waals surface area contributed by atoms with E-state index in [1.54, 1.807) is 18.4 Å². The van der Waals surface area contributed by atoms with Crippen molar-refractivity contribution in [2.45, 2.75) is 0 Å². The van der Waals surface area contributed by atoms with Gasteiger partial charge in [0.2, 0.25) is 0 Å². The molecule has 5 nitrogen and oxygen atoms in total. The Morgan fingerprint density at radius 2 is 1.42 bits per heavy atom. The summed E-state index contributed by atoms with van der Waals surface area (Å²) in [6.07, 6.45) is 0. The van der Waals surface area contributed by atoms with Crippen LogP contribution in [0.3, 0.4) is 0 Å². The molecule has 0 saturated heterocycles. The molecule has 1 heterocycles. The summed E-state index contributed by atoms with van der Waals surface area (Å²) < 4.78 is 26.3. The highest BCUT2D eigenvalue weighted by atomic mass is 32.1. The summed E-state index contributed by atoms with van der Waals surface area (Å²) in [5, 5.41) is 3.95. The molecular formula is C13H22O5S. The van der Waals surface area contributed by atoms with Crippen molar-refractivity contribution in [2.24, 2.45) is 0 Å². The Bertz CT molecular complexity index is 279. The van der Waals surface area contributed by atoms with Crippen LogP contribution in [-0.4, -0.2) is 60.0 Å². The minimum atomic E-state index is 0.566. The second-order valence-electron chi connectivity index (χ2n) is 3.64. The third-order valence-corrected chi connectivity index (χ3v) is 2.83. The Morgan fingerprint density at radius 1 is 0.842 bits per heavy atom. The lowest BCUT2D eigenvalue weighted by molar-refractivity contribution is 0.000179. The first kappa shape index (κ1) is 16.4. The maximum atomic E-state index is 5.44. The molecule has 6 heteroatoms. The second kappa shape index (κ2) is 12.4. The van der Waals surface area contributed by atoms with Gasteiger partial charge in [0, 0.05) is 12.5 Å². The number of rotatable bonds is 13. The zero-order valence-corrected chi connectivity index (χ0v) is 12.2. The summed E-state index contributed by atoms with van der Waals surface area (Å²) in [4.78, 5) is 0. The molecule has 0 unspecified atom stereocenters. The molecule has 0 aliphatic carbocycles. The first-order valence-corrected chi connectivity index (χ1v) is 7.25. The highest BCUT2D eigenvalue weighted by Crippen LogP contribution is 2.14. The van der Waals surface area contributed by atoms with Gasteiger partial charge < -0.3 is 23.7 Å². The van der Waals surface area contributed by atoms with Crippen molar-refractivity contribution in [3.63, 3.8) is 0 Å². The molecule has 1 aromatic rings. The summed E-state index contributed by atoms with van der Waals surface area (Å²) >= 11 is 1.62. The molecule has 1 aromatic heterocycles. The zero-order valence-electron chi connectivity index (χ0n) is 11.3. The van der Waals surface area contributed by atoms with Crippen molar-refractivity contribution in [1.29, 1.82) is 0 Å². The van der Waals surface area contributed by atoms with Gasteiger partial charge in [-0.25, -0.2) is 0 Å². The van der Waals surface area contributed by atoms with Gasteiger partial charge in [0.1, 0.15) is 12.4 Å². The summed E-state index contributed by atoms with van der Waals surface area (Å²) in [6, 6.07) is 1.94. The van der Waals surface area contributed by atoms with Crippen LogP contribution in [0.1, 0.15) is 0 Å². The highest BCUT2D eigenvalue weighted by Gasteiger charge is 1.94. The fourth-order valence-corrected chi connectivity index (χ4v) is 1.81. The monoisotopic (exact) mass is 290 g/mol. The molecule has 0 spiro atoms. The third kappa shape index (κ3) is 9.86. The van der Waals surface area contributed by atoms with Crippen LogP contribution in [0.15, 0.2) is 16.8 Å². The quantitative estimate of drug-likeness (QED) is 0.519. The molecule has 0 radical (unpaired) electrons. The Morgan fingerprint density at radius 3 is 1.95 bits per heavy atom. The molecule has 1 rings (SSSR count). The molecule has 0 aromatic carbocycles.